The van der Waals surface area contributed by atoms with E-state index in [-0.39, 0.29) is 6.04 Å². The molecule has 106 valence electrons. The Morgan fingerprint density at radius 3 is 2.58 bits per heavy atom. The summed E-state index contributed by atoms with van der Waals surface area (Å²) in [5.74, 6) is 7.85. The largest absolute Gasteiger partial charge is 0.497 e. The van der Waals surface area contributed by atoms with Gasteiger partial charge < -0.3 is 14.2 Å². The Labute approximate surface area is 114 Å². The summed E-state index contributed by atoms with van der Waals surface area (Å²) in [7, 11) is 3.33. The maximum Gasteiger partial charge on any atom is 0.123 e. The summed E-state index contributed by atoms with van der Waals surface area (Å²) in [6.07, 6.45) is 1.99. The van der Waals surface area contributed by atoms with Crippen LogP contribution in [0.1, 0.15) is 24.4 Å². The summed E-state index contributed by atoms with van der Waals surface area (Å²) in [6.45, 7) is 1.57. The highest BCUT2D eigenvalue weighted by atomic mass is 16.5. The standard InChI is InChI=1S/C14H22N2O3/c1-17-11-3-4-13(18-2)12(9-11)14(16-15)10-5-7-19-8-6-10/h3-4,9-10,14,16H,5-8,15H2,1-2H3. The minimum absolute atomic E-state index is 0.0500. The number of nitrogens with two attached hydrogens (primary N) is 1. The van der Waals surface area contributed by atoms with Crippen molar-refractivity contribution in [3.05, 3.63) is 23.8 Å². The van der Waals surface area contributed by atoms with Crippen molar-refractivity contribution in [2.24, 2.45) is 11.8 Å². The molecular formula is C14H22N2O3. The van der Waals surface area contributed by atoms with E-state index in [0.29, 0.717) is 5.92 Å². The number of hydrazine groups is 1. The van der Waals surface area contributed by atoms with E-state index in [1.165, 1.54) is 0 Å². The van der Waals surface area contributed by atoms with Gasteiger partial charge >= 0.3 is 0 Å². The molecule has 0 bridgehead atoms. The van der Waals surface area contributed by atoms with Crippen LogP contribution in [-0.2, 0) is 4.74 Å². The lowest BCUT2D eigenvalue weighted by Crippen LogP contribution is -2.36. The average Bonchev–Trinajstić information content (AvgIpc) is 2.49. The Morgan fingerprint density at radius 2 is 2.00 bits per heavy atom. The first-order valence-electron chi connectivity index (χ1n) is 6.56. The van der Waals surface area contributed by atoms with Crippen molar-refractivity contribution in [3.63, 3.8) is 0 Å². The van der Waals surface area contributed by atoms with Gasteiger partial charge in [-0.3, -0.25) is 11.3 Å². The molecule has 1 aromatic carbocycles. The van der Waals surface area contributed by atoms with E-state index < -0.39 is 0 Å². The SMILES string of the molecule is COc1ccc(OC)c(C(NN)C2CCOCC2)c1. The predicted molar refractivity (Wildman–Crippen MR) is 73.2 cm³/mol. The predicted octanol–water partition coefficient (Wildman–Crippen LogP) is 1.63. The topological polar surface area (TPSA) is 65.7 Å². The van der Waals surface area contributed by atoms with Gasteiger partial charge in [0, 0.05) is 18.8 Å². The monoisotopic (exact) mass is 266 g/mol. The average molecular weight is 266 g/mol. The second-order valence-electron chi connectivity index (χ2n) is 4.70. The van der Waals surface area contributed by atoms with E-state index >= 15 is 0 Å². The molecule has 1 saturated heterocycles. The molecule has 0 amide bonds. The van der Waals surface area contributed by atoms with Crippen molar-refractivity contribution in [2.45, 2.75) is 18.9 Å². The third-order valence-corrected chi connectivity index (χ3v) is 3.69. The molecule has 5 heteroatoms. The summed E-state index contributed by atoms with van der Waals surface area (Å²) in [4.78, 5) is 0. The molecule has 19 heavy (non-hydrogen) atoms. The van der Waals surface area contributed by atoms with E-state index in [0.717, 1.165) is 43.1 Å². The molecule has 0 radical (unpaired) electrons. The Bertz CT molecular complexity index is 406. The van der Waals surface area contributed by atoms with Gasteiger partial charge in [-0.1, -0.05) is 0 Å². The van der Waals surface area contributed by atoms with Gasteiger partial charge in [-0.2, -0.15) is 0 Å². The Kier molecular flexibility index (Phi) is 5.01. The maximum atomic E-state index is 5.76. The van der Waals surface area contributed by atoms with Gasteiger partial charge in [0.1, 0.15) is 11.5 Å². The van der Waals surface area contributed by atoms with Gasteiger partial charge in [-0.05, 0) is 37.0 Å². The fourth-order valence-electron chi connectivity index (χ4n) is 2.61. The van der Waals surface area contributed by atoms with E-state index in [2.05, 4.69) is 5.43 Å². The van der Waals surface area contributed by atoms with Crippen molar-refractivity contribution >= 4 is 0 Å². The van der Waals surface area contributed by atoms with E-state index in [1.807, 2.05) is 18.2 Å². The summed E-state index contributed by atoms with van der Waals surface area (Å²) < 4.78 is 16.1. The first kappa shape index (κ1) is 14.1. The number of methoxy groups -OCH3 is 2. The zero-order valence-corrected chi connectivity index (χ0v) is 11.5. The summed E-state index contributed by atoms with van der Waals surface area (Å²) in [6, 6.07) is 5.84. The highest BCUT2D eigenvalue weighted by Gasteiger charge is 2.27. The number of hydrogen-bond acceptors (Lipinski definition) is 5. The van der Waals surface area contributed by atoms with Crippen LogP contribution in [0.15, 0.2) is 18.2 Å². The molecule has 0 aliphatic carbocycles. The van der Waals surface area contributed by atoms with Crippen molar-refractivity contribution in [1.29, 1.82) is 0 Å². The van der Waals surface area contributed by atoms with Crippen LogP contribution in [0.5, 0.6) is 11.5 Å². The minimum Gasteiger partial charge on any atom is -0.497 e. The normalized spacial score (nSPS) is 18.1. The molecule has 0 spiro atoms. The number of ether oxygens (including phenoxy) is 3. The minimum atomic E-state index is 0.0500. The zero-order valence-electron chi connectivity index (χ0n) is 11.5. The lowest BCUT2D eigenvalue weighted by atomic mass is 9.87. The summed E-state index contributed by atoms with van der Waals surface area (Å²) >= 11 is 0. The molecule has 1 aromatic rings. The molecular weight excluding hydrogens is 244 g/mol. The fourth-order valence-corrected chi connectivity index (χ4v) is 2.61. The lowest BCUT2D eigenvalue weighted by Gasteiger charge is -2.31. The van der Waals surface area contributed by atoms with Crippen molar-refractivity contribution in [2.75, 3.05) is 27.4 Å². The van der Waals surface area contributed by atoms with Gasteiger partial charge in [0.2, 0.25) is 0 Å². The first-order valence-corrected chi connectivity index (χ1v) is 6.56. The zero-order chi connectivity index (χ0) is 13.7. The van der Waals surface area contributed by atoms with Gasteiger partial charge in [0.15, 0.2) is 0 Å². The lowest BCUT2D eigenvalue weighted by molar-refractivity contribution is 0.0533. The van der Waals surface area contributed by atoms with Gasteiger partial charge in [0.05, 0.1) is 20.3 Å². The number of hydrogen-bond donors (Lipinski definition) is 2. The second kappa shape index (κ2) is 6.75. The molecule has 0 aromatic heterocycles. The Morgan fingerprint density at radius 1 is 1.26 bits per heavy atom. The van der Waals surface area contributed by atoms with Crippen LogP contribution in [0.3, 0.4) is 0 Å². The van der Waals surface area contributed by atoms with Crippen LogP contribution in [0, 0.1) is 5.92 Å². The van der Waals surface area contributed by atoms with Gasteiger partial charge in [-0.15, -0.1) is 0 Å². The van der Waals surface area contributed by atoms with E-state index in [1.54, 1.807) is 14.2 Å². The third-order valence-electron chi connectivity index (χ3n) is 3.69. The maximum absolute atomic E-state index is 5.76. The molecule has 1 fully saturated rings. The molecule has 3 N–H and O–H groups in total. The second-order valence-corrected chi connectivity index (χ2v) is 4.70. The smallest absolute Gasteiger partial charge is 0.123 e. The van der Waals surface area contributed by atoms with Crippen LogP contribution >= 0.6 is 0 Å². The molecule has 0 saturated carbocycles. The summed E-state index contributed by atoms with van der Waals surface area (Å²) in [5, 5.41) is 0. The molecule has 1 heterocycles. The molecule has 5 nitrogen and oxygen atoms in total. The van der Waals surface area contributed by atoms with Crippen LogP contribution in [0.25, 0.3) is 0 Å². The van der Waals surface area contributed by atoms with Crippen LogP contribution in [0.2, 0.25) is 0 Å². The van der Waals surface area contributed by atoms with E-state index in [9.17, 15) is 0 Å². The highest BCUT2D eigenvalue weighted by molar-refractivity contribution is 5.42. The van der Waals surface area contributed by atoms with Crippen molar-refractivity contribution in [1.82, 2.24) is 5.43 Å². The molecule has 1 atom stereocenters. The first-order chi connectivity index (χ1) is 9.30. The highest BCUT2D eigenvalue weighted by Crippen LogP contribution is 2.36. The summed E-state index contributed by atoms with van der Waals surface area (Å²) in [5.41, 5.74) is 3.96. The van der Waals surface area contributed by atoms with Crippen LogP contribution in [0.4, 0.5) is 0 Å². The van der Waals surface area contributed by atoms with Crippen molar-refractivity contribution in [3.8, 4) is 11.5 Å². The van der Waals surface area contributed by atoms with Crippen LogP contribution in [-0.4, -0.2) is 27.4 Å². The Hall–Kier alpha value is -1.30. The van der Waals surface area contributed by atoms with Crippen molar-refractivity contribution < 1.29 is 14.2 Å². The van der Waals surface area contributed by atoms with Gasteiger partial charge in [-0.25, -0.2) is 0 Å². The van der Waals surface area contributed by atoms with E-state index in [4.69, 9.17) is 20.1 Å². The number of nitrogens with one attached hydrogen (secondary N) is 1. The molecule has 1 unspecified atom stereocenters. The third kappa shape index (κ3) is 3.18. The molecule has 1 aliphatic rings. The Balaban J connectivity index is 2.29. The number of benzene rings is 1. The molecule has 1 aliphatic heterocycles. The van der Waals surface area contributed by atoms with Crippen LogP contribution < -0.4 is 20.7 Å². The fraction of sp³-hybridized carbons (Fsp3) is 0.571. The number of rotatable bonds is 5. The quantitative estimate of drug-likeness (QED) is 0.626. The molecule has 2 rings (SSSR count). The van der Waals surface area contributed by atoms with Gasteiger partial charge in [0.25, 0.3) is 0 Å².